The number of hydrogen-bond acceptors (Lipinski definition) is 1. The van der Waals surface area contributed by atoms with Crippen molar-refractivity contribution in [3.05, 3.63) is 6.55 Å². The topological polar surface area (TPSA) is 9.23 Å². The van der Waals surface area contributed by atoms with Crippen LogP contribution in [-0.2, 0) is 4.43 Å². The molecule has 0 saturated heterocycles. The van der Waals surface area contributed by atoms with Crippen molar-refractivity contribution in [2.75, 3.05) is 6.61 Å². The van der Waals surface area contributed by atoms with E-state index >= 15 is 0 Å². The van der Waals surface area contributed by atoms with Crippen LogP contribution in [0.2, 0.25) is 13.1 Å². The zero-order valence-corrected chi connectivity index (χ0v) is 9.58. The Kier molecular flexibility index (Phi) is 13.6. The molecular weight excluding hydrogens is 164 g/mol. The van der Waals surface area contributed by atoms with E-state index in [1.54, 1.807) is 0 Å². The molecule has 0 spiro atoms. The zero-order valence-electron chi connectivity index (χ0n) is 6.41. The summed E-state index contributed by atoms with van der Waals surface area (Å²) in [6.45, 7) is 10.8. The Labute approximate surface area is 81.2 Å². The van der Waals surface area contributed by atoms with Gasteiger partial charge in [-0.1, -0.05) is 13.1 Å². The van der Waals surface area contributed by atoms with E-state index in [4.69, 9.17) is 4.43 Å². The Morgan fingerprint density at radius 3 is 1.78 bits per heavy atom. The van der Waals surface area contributed by atoms with Crippen molar-refractivity contribution >= 4 is 31.4 Å². The van der Waals surface area contributed by atoms with Crippen molar-refractivity contribution in [3.8, 4) is 0 Å². The van der Waals surface area contributed by atoms with Gasteiger partial charge in [0.1, 0.15) is 0 Å². The van der Waals surface area contributed by atoms with Crippen LogP contribution in [0, 0.1) is 6.55 Å². The summed E-state index contributed by atoms with van der Waals surface area (Å²) in [6, 6.07) is 0. The SMILES string of the molecule is [CH2-][Si](C)(C)OCC.[Cl-].[Mg+2]. The van der Waals surface area contributed by atoms with E-state index in [-0.39, 0.29) is 35.5 Å². The predicted octanol–water partition coefficient (Wildman–Crippen LogP) is -1.78. The second-order valence-electron chi connectivity index (χ2n) is 2.19. The van der Waals surface area contributed by atoms with E-state index in [0.29, 0.717) is 0 Å². The Morgan fingerprint density at radius 2 is 1.78 bits per heavy atom. The van der Waals surface area contributed by atoms with Gasteiger partial charge in [-0.25, -0.2) is 0 Å². The predicted molar refractivity (Wildman–Crippen MR) is 40.2 cm³/mol. The van der Waals surface area contributed by atoms with E-state index in [1.807, 2.05) is 6.92 Å². The fraction of sp³-hybridized carbons (Fsp3) is 0.800. The van der Waals surface area contributed by atoms with Crippen molar-refractivity contribution in [2.45, 2.75) is 20.0 Å². The van der Waals surface area contributed by atoms with Gasteiger partial charge >= 0.3 is 23.1 Å². The molecule has 0 unspecified atom stereocenters. The fourth-order valence-corrected chi connectivity index (χ4v) is 1.17. The third-order valence-electron chi connectivity index (χ3n) is 0.535. The molecular formula is C5H13ClMgOSi. The van der Waals surface area contributed by atoms with Crippen LogP contribution < -0.4 is 12.4 Å². The molecule has 0 atom stereocenters. The summed E-state index contributed by atoms with van der Waals surface area (Å²) in [6.07, 6.45) is 0. The van der Waals surface area contributed by atoms with Crippen molar-refractivity contribution in [1.29, 1.82) is 0 Å². The maximum atomic E-state index is 5.26. The minimum atomic E-state index is -1.41. The van der Waals surface area contributed by atoms with Gasteiger partial charge < -0.3 is 23.4 Å². The number of hydrogen-bond donors (Lipinski definition) is 0. The van der Waals surface area contributed by atoms with Crippen molar-refractivity contribution in [2.24, 2.45) is 0 Å². The average Bonchev–Trinajstić information content (AvgIpc) is 1.30. The maximum absolute atomic E-state index is 5.26. The normalized spacial score (nSPS) is 9.33. The first-order valence-corrected chi connectivity index (χ1v) is 5.67. The number of halogens is 1. The molecule has 0 N–H and O–H groups in total. The van der Waals surface area contributed by atoms with Crippen molar-refractivity contribution in [3.63, 3.8) is 0 Å². The largest absolute Gasteiger partial charge is 2.00 e. The standard InChI is InChI=1S/C5H13OSi.ClH.Mg/c1-5-6-7(2,3)4;;/h2,5H2,1,3-4H3;1H;/q-1;;+2/p-1. The van der Waals surface area contributed by atoms with E-state index in [1.165, 1.54) is 0 Å². The Bertz CT molecular complexity index is 55.4. The third-order valence-corrected chi connectivity index (χ3v) is 1.61. The van der Waals surface area contributed by atoms with Crippen LogP contribution in [0.4, 0.5) is 0 Å². The van der Waals surface area contributed by atoms with E-state index in [9.17, 15) is 0 Å². The molecule has 0 aromatic carbocycles. The van der Waals surface area contributed by atoms with Crippen LogP contribution in [-0.4, -0.2) is 38.0 Å². The van der Waals surface area contributed by atoms with Gasteiger partial charge in [0.05, 0.1) is 0 Å². The molecule has 0 bridgehead atoms. The van der Waals surface area contributed by atoms with Crippen molar-refractivity contribution in [1.82, 2.24) is 0 Å². The summed E-state index contributed by atoms with van der Waals surface area (Å²) in [5.41, 5.74) is 0. The quantitative estimate of drug-likeness (QED) is 0.358. The van der Waals surface area contributed by atoms with E-state index in [2.05, 4.69) is 19.6 Å². The van der Waals surface area contributed by atoms with Gasteiger partial charge in [-0.05, 0) is 6.92 Å². The maximum Gasteiger partial charge on any atom is 2.00 e. The second kappa shape index (κ2) is 7.34. The van der Waals surface area contributed by atoms with Crippen LogP contribution in [0.5, 0.6) is 0 Å². The Hall–Kier alpha value is 1.23. The first-order valence-electron chi connectivity index (χ1n) is 2.55. The molecule has 0 fully saturated rings. The van der Waals surface area contributed by atoms with E-state index < -0.39 is 8.32 Å². The minimum absolute atomic E-state index is 0. The molecule has 0 heterocycles. The summed E-state index contributed by atoms with van der Waals surface area (Å²) in [5.74, 6) is 0. The molecule has 0 aromatic rings. The molecule has 0 radical (unpaired) electrons. The van der Waals surface area contributed by atoms with Crippen LogP contribution >= 0.6 is 0 Å². The summed E-state index contributed by atoms with van der Waals surface area (Å²) in [5, 5.41) is 0. The molecule has 0 saturated carbocycles. The smallest absolute Gasteiger partial charge is 1.00 e. The fourth-order valence-electron chi connectivity index (χ4n) is 0.391. The molecule has 4 heteroatoms. The summed E-state index contributed by atoms with van der Waals surface area (Å²) < 4.78 is 5.26. The van der Waals surface area contributed by atoms with Crippen LogP contribution in [0.3, 0.4) is 0 Å². The first kappa shape index (κ1) is 16.7. The molecule has 9 heavy (non-hydrogen) atoms. The van der Waals surface area contributed by atoms with Gasteiger partial charge in [-0.3, -0.25) is 0 Å². The zero-order chi connectivity index (χ0) is 5.91. The molecule has 0 aliphatic heterocycles. The summed E-state index contributed by atoms with van der Waals surface area (Å²) in [4.78, 5) is 0. The van der Waals surface area contributed by atoms with Gasteiger partial charge in [0.25, 0.3) is 0 Å². The van der Waals surface area contributed by atoms with Gasteiger partial charge in [-0.2, -0.15) is 0 Å². The third kappa shape index (κ3) is 17.6. The Balaban J connectivity index is -0.000000180. The van der Waals surface area contributed by atoms with Crippen LogP contribution in [0.1, 0.15) is 6.92 Å². The van der Waals surface area contributed by atoms with Gasteiger partial charge in [-0.15, -0.1) is 0 Å². The van der Waals surface area contributed by atoms with Crippen molar-refractivity contribution < 1.29 is 16.8 Å². The molecule has 52 valence electrons. The first-order chi connectivity index (χ1) is 3.06. The molecule has 1 nitrogen and oxygen atoms in total. The average molecular weight is 177 g/mol. The van der Waals surface area contributed by atoms with Gasteiger partial charge in [0, 0.05) is 14.9 Å². The monoisotopic (exact) mass is 176 g/mol. The van der Waals surface area contributed by atoms with Crippen LogP contribution in [0.15, 0.2) is 0 Å². The second-order valence-corrected chi connectivity index (χ2v) is 6.00. The molecule has 0 aliphatic carbocycles. The summed E-state index contributed by atoms with van der Waals surface area (Å²) in [7, 11) is -1.41. The molecule has 0 aliphatic rings. The molecule has 0 aromatic heterocycles. The van der Waals surface area contributed by atoms with E-state index in [0.717, 1.165) is 6.61 Å². The van der Waals surface area contributed by atoms with Gasteiger partial charge in [0.15, 0.2) is 0 Å². The molecule has 0 rings (SSSR count). The Morgan fingerprint density at radius 1 is 1.44 bits per heavy atom. The summed E-state index contributed by atoms with van der Waals surface area (Å²) >= 11 is 0. The van der Waals surface area contributed by atoms with Gasteiger partial charge in [0.2, 0.25) is 0 Å². The minimum Gasteiger partial charge on any atom is -1.00 e. The number of rotatable bonds is 2. The van der Waals surface area contributed by atoms with Crippen LogP contribution in [0.25, 0.3) is 0 Å². The molecule has 0 amide bonds.